The van der Waals surface area contributed by atoms with Crippen LogP contribution in [0.3, 0.4) is 0 Å². The first kappa shape index (κ1) is 18.2. The molecule has 0 radical (unpaired) electrons. The highest BCUT2D eigenvalue weighted by Gasteiger charge is 2.12. The van der Waals surface area contributed by atoms with Crippen molar-refractivity contribution in [3.05, 3.63) is 58.2 Å². The molecule has 0 heterocycles. The first-order valence-corrected chi connectivity index (χ1v) is 7.87. The number of ether oxygens (including phenoxy) is 2. The maximum absolute atomic E-state index is 12.0. The van der Waals surface area contributed by atoms with Gasteiger partial charge >= 0.3 is 0 Å². The lowest BCUT2D eigenvalue weighted by molar-refractivity contribution is -0.111. The lowest BCUT2D eigenvalue weighted by atomic mass is 10.0. The molecule has 0 aromatic heterocycles. The molecule has 24 heavy (non-hydrogen) atoms. The van der Waals surface area contributed by atoms with E-state index < -0.39 is 0 Å². The minimum Gasteiger partial charge on any atom is -0.493 e. The van der Waals surface area contributed by atoms with Crippen molar-refractivity contribution in [1.29, 1.82) is 0 Å². The first-order chi connectivity index (χ1) is 11.5. The molecule has 0 saturated heterocycles. The maximum Gasteiger partial charge on any atom is 0.161 e. The van der Waals surface area contributed by atoms with E-state index in [1.807, 2.05) is 0 Å². The fourth-order valence-corrected chi connectivity index (χ4v) is 2.61. The number of rotatable bonds is 6. The molecule has 2 aromatic rings. The second-order valence-electron chi connectivity index (χ2n) is 4.95. The van der Waals surface area contributed by atoms with Gasteiger partial charge in [-0.2, -0.15) is 0 Å². The molecular weight excluding hydrogens is 349 g/mol. The van der Waals surface area contributed by atoms with Crippen molar-refractivity contribution in [2.75, 3.05) is 19.5 Å². The number of carbonyl (C=O) groups is 1. The number of benzene rings is 2. The van der Waals surface area contributed by atoms with Gasteiger partial charge in [0, 0.05) is 16.8 Å². The van der Waals surface area contributed by atoms with Gasteiger partial charge in [-0.05, 0) is 42.8 Å². The summed E-state index contributed by atoms with van der Waals surface area (Å²) in [6.45, 7) is 1.49. The van der Waals surface area contributed by atoms with E-state index in [0.29, 0.717) is 38.4 Å². The molecule has 0 aliphatic rings. The highest BCUT2D eigenvalue weighted by Crippen LogP contribution is 2.31. The fraction of sp³-hybridized carbons (Fsp3) is 0.167. The number of halogens is 2. The van der Waals surface area contributed by atoms with E-state index in [-0.39, 0.29) is 5.78 Å². The van der Waals surface area contributed by atoms with Gasteiger partial charge in [-0.25, -0.2) is 0 Å². The number of hydrogen-bond acceptors (Lipinski definition) is 4. The van der Waals surface area contributed by atoms with Gasteiger partial charge in [0.1, 0.15) is 0 Å². The molecule has 0 amide bonds. The predicted molar refractivity (Wildman–Crippen MR) is 98.3 cm³/mol. The Kier molecular flexibility index (Phi) is 6.12. The van der Waals surface area contributed by atoms with Crippen LogP contribution < -0.4 is 14.8 Å². The number of hydrogen-bond donors (Lipinski definition) is 1. The Hall–Kier alpha value is -2.17. The molecule has 0 saturated carbocycles. The van der Waals surface area contributed by atoms with Crippen LogP contribution in [0.1, 0.15) is 12.5 Å². The summed E-state index contributed by atoms with van der Waals surface area (Å²) < 4.78 is 10.5. The van der Waals surface area contributed by atoms with Crippen LogP contribution in [0.15, 0.2) is 42.6 Å². The molecule has 126 valence electrons. The molecule has 0 atom stereocenters. The Morgan fingerprint density at radius 2 is 1.75 bits per heavy atom. The van der Waals surface area contributed by atoms with Gasteiger partial charge in [0.25, 0.3) is 0 Å². The molecule has 2 rings (SSSR count). The van der Waals surface area contributed by atoms with Crippen LogP contribution in [-0.2, 0) is 4.79 Å². The average Bonchev–Trinajstić information content (AvgIpc) is 2.56. The van der Waals surface area contributed by atoms with Crippen molar-refractivity contribution in [2.45, 2.75) is 6.92 Å². The summed E-state index contributed by atoms with van der Waals surface area (Å²) in [6.07, 6.45) is 1.61. The topological polar surface area (TPSA) is 47.6 Å². The third kappa shape index (κ3) is 4.22. The van der Waals surface area contributed by atoms with Gasteiger partial charge in [0.05, 0.1) is 24.9 Å². The molecule has 1 N–H and O–H groups in total. The van der Waals surface area contributed by atoms with Crippen LogP contribution in [0, 0.1) is 0 Å². The van der Waals surface area contributed by atoms with Gasteiger partial charge in [-0.15, -0.1) is 0 Å². The van der Waals surface area contributed by atoms with Crippen LogP contribution in [0.25, 0.3) is 5.57 Å². The van der Waals surface area contributed by atoms with Crippen LogP contribution in [-0.4, -0.2) is 20.0 Å². The molecule has 0 unspecified atom stereocenters. The molecule has 0 aliphatic heterocycles. The summed E-state index contributed by atoms with van der Waals surface area (Å²) in [5.74, 6) is 1.05. The Morgan fingerprint density at radius 1 is 1.04 bits per heavy atom. The van der Waals surface area contributed by atoms with E-state index in [2.05, 4.69) is 5.32 Å². The number of carbonyl (C=O) groups excluding carboxylic acids is 1. The molecule has 6 heteroatoms. The Labute approximate surface area is 151 Å². The molecule has 4 nitrogen and oxygen atoms in total. The largest absolute Gasteiger partial charge is 0.493 e. The monoisotopic (exact) mass is 365 g/mol. The number of anilines is 1. The number of nitrogens with one attached hydrogen (secondary N) is 1. The molecule has 0 spiro atoms. The van der Waals surface area contributed by atoms with Gasteiger partial charge in [-0.1, -0.05) is 29.3 Å². The third-order valence-corrected chi connectivity index (χ3v) is 3.92. The summed E-state index contributed by atoms with van der Waals surface area (Å²) in [6, 6.07) is 10.4. The van der Waals surface area contributed by atoms with E-state index >= 15 is 0 Å². The maximum atomic E-state index is 12.0. The summed E-state index contributed by atoms with van der Waals surface area (Å²) in [7, 11) is 3.11. The lowest BCUT2D eigenvalue weighted by Gasteiger charge is -2.11. The van der Waals surface area contributed by atoms with E-state index in [1.165, 1.54) is 6.92 Å². The van der Waals surface area contributed by atoms with Gasteiger partial charge in [0.2, 0.25) is 0 Å². The Morgan fingerprint density at radius 3 is 2.33 bits per heavy atom. The van der Waals surface area contributed by atoms with E-state index in [0.717, 1.165) is 0 Å². The zero-order chi connectivity index (χ0) is 17.7. The summed E-state index contributed by atoms with van der Waals surface area (Å²) >= 11 is 12.0. The minimum absolute atomic E-state index is 0.0974. The van der Waals surface area contributed by atoms with E-state index in [1.54, 1.807) is 56.8 Å². The van der Waals surface area contributed by atoms with Crippen molar-refractivity contribution in [2.24, 2.45) is 0 Å². The van der Waals surface area contributed by atoms with Crippen LogP contribution in [0.5, 0.6) is 11.5 Å². The van der Waals surface area contributed by atoms with Crippen molar-refractivity contribution < 1.29 is 14.3 Å². The Balaban J connectivity index is 2.37. The van der Waals surface area contributed by atoms with Crippen LogP contribution in [0.2, 0.25) is 10.0 Å². The van der Waals surface area contributed by atoms with Crippen molar-refractivity contribution in [3.63, 3.8) is 0 Å². The Bertz CT molecular complexity index is 788. The van der Waals surface area contributed by atoms with E-state index in [9.17, 15) is 4.79 Å². The van der Waals surface area contributed by atoms with Crippen molar-refractivity contribution >= 4 is 40.2 Å². The SMILES string of the molecule is COc1ccc(C(=CNc2ccc(Cl)cc2Cl)C(C)=O)cc1OC. The lowest BCUT2D eigenvalue weighted by Crippen LogP contribution is -2.01. The first-order valence-electron chi connectivity index (χ1n) is 7.11. The molecular formula is C18H17Cl2NO3. The second kappa shape index (κ2) is 8.08. The van der Waals surface area contributed by atoms with E-state index in [4.69, 9.17) is 32.7 Å². The predicted octanol–water partition coefficient (Wildman–Crippen LogP) is 5.05. The highest BCUT2D eigenvalue weighted by atomic mass is 35.5. The molecule has 0 aliphatic carbocycles. The van der Waals surface area contributed by atoms with Gasteiger partial charge in [0.15, 0.2) is 17.3 Å². The number of Topliss-reactive ketones (excluding diaryl/α,β-unsaturated/α-hetero) is 1. The van der Waals surface area contributed by atoms with Gasteiger partial charge in [-0.3, -0.25) is 4.79 Å². The molecule has 0 bridgehead atoms. The number of ketones is 1. The van der Waals surface area contributed by atoms with Crippen molar-refractivity contribution in [1.82, 2.24) is 0 Å². The summed E-state index contributed by atoms with van der Waals surface area (Å²) in [5, 5.41) is 4.05. The van der Waals surface area contributed by atoms with Crippen molar-refractivity contribution in [3.8, 4) is 11.5 Å². The standard InChI is InChI=1S/C18H17Cl2NO3/c1-11(22)14(10-21-16-6-5-13(19)9-15(16)20)12-4-7-17(23-2)18(8-12)24-3/h4-10,21H,1-3H3. The highest BCUT2D eigenvalue weighted by molar-refractivity contribution is 6.36. The number of allylic oxidation sites excluding steroid dienone is 1. The zero-order valence-corrected chi connectivity index (χ0v) is 15.0. The van der Waals surface area contributed by atoms with Gasteiger partial charge < -0.3 is 14.8 Å². The average molecular weight is 366 g/mol. The molecule has 0 fully saturated rings. The molecule has 2 aromatic carbocycles. The third-order valence-electron chi connectivity index (χ3n) is 3.38. The zero-order valence-electron chi connectivity index (χ0n) is 13.5. The second-order valence-corrected chi connectivity index (χ2v) is 5.80. The quantitative estimate of drug-likeness (QED) is 0.727. The minimum atomic E-state index is -0.0974. The smallest absolute Gasteiger partial charge is 0.161 e. The summed E-state index contributed by atoms with van der Waals surface area (Å²) in [4.78, 5) is 12.0. The fourth-order valence-electron chi connectivity index (χ4n) is 2.15. The normalized spacial score (nSPS) is 11.1. The number of methoxy groups -OCH3 is 2. The van der Waals surface area contributed by atoms with Crippen LogP contribution in [0.4, 0.5) is 5.69 Å². The summed E-state index contributed by atoms with van der Waals surface area (Å²) in [5.41, 5.74) is 1.85. The van der Waals surface area contributed by atoms with Crippen LogP contribution >= 0.6 is 23.2 Å².